The van der Waals surface area contributed by atoms with Crippen LogP contribution in [0.5, 0.6) is 0 Å². The van der Waals surface area contributed by atoms with E-state index in [1.165, 1.54) is 6.20 Å². The molecule has 2 aliphatic heterocycles. The molecule has 0 aromatic carbocycles. The summed E-state index contributed by atoms with van der Waals surface area (Å²) in [6.45, 7) is 7.72. The van der Waals surface area contributed by atoms with Gasteiger partial charge in [0.2, 0.25) is 0 Å². The minimum atomic E-state index is -0.511. The molecule has 1 amide bonds. The molecular weight excluding hydrogens is 386 g/mol. The normalized spacial score (nSPS) is 23.5. The lowest BCUT2D eigenvalue weighted by molar-refractivity contribution is 0.00683. The highest BCUT2D eigenvalue weighted by molar-refractivity contribution is 6.02. The first-order valence-corrected chi connectivity index (χ1v) is 10.5. The van der Waals surface area contributed by atoms with Gasteiger partial charge in [0.1, 0.15) is 16.7 Å². The Morgan fingerprint density at radius 3 is 2.57 bits per heavy atom. The van der Waals surface area contributed by atoms with Crippen molar-refractivity contribution in [3.8, 4) is 0 Å². The summed E-state index contributed by atoms with van der Waals surface area (Å²) < 4.78 is 10.8. The van der Waals surface area contributed by atoms with Crippen molar-refractivity contribution in [2.45, 2.75) is 77.1 Å². The zero-order valence-electron chi connectivity index (χ0n) is 17.9. The minimum Gasteiger partial charge on any atom is -0.462 e. The van der Waals surface area contributed by atoms with Crippen LogP contribution < -0.4 is 5.32 Å². The van der Waals surface area contributed by atoms with E-state index in [-0.39, 0.29) is 30.8 Å². The summed E-state index contributed by atoms with van der Waals surface area (Å²) in [5.74, 6) is -0.424. The number of esters is 1. The van der Waals surface area contributed by atoms with Gasteiger partial charge < -0.3 is 24.7 Å². The number of carbonyl (C=O) groups is 2. The molecule has 2 aromatic heterocycles. The van der Waals surface area contributed by atoms with Gasteiger partial charge in [0.25, 0.3) is 0 Å². The van der Waals surface area contributed by atoms with Crippen molar-refractivity contribution in [2.75, 3.05) is 11.9 Å². The molecule has 2 saturated heterocycles. The minimum absolute atomic E-state index is 0.108. The van der Waals surface area contributed by atoms with Gasteiger partial charge >= 0.3 is 12.1 Å². The van der Waals surface area contributed by atoms with Crippen LogP contribution in [0.1, 0.15) is 63.7 Å². The number of hydrogen-bond acceptors (Lipinski definition) is 7. The predicted molar refractivity (Wildman–Crippen MR) is 111 cm³/mol. The van der Waals surface area contributed by atoms with Gasteiger partial charge in [0, 0.05) is 24.3 Å². The average molecular weight is 415 g/mol. The molecule has 3 atom stereocenters. The summed E-state index contributed by atoms with van der Waals surface area (Å²) in [6.07, 6.45) is 6.33. The molecule has 2 bridgehead atoms. The largest absolute Gasteiger partial charge is 0.462 e. The molecule has 162 valence electrons. The lowest BCUT2D eigenvalue weighted by atomic mass is 9.97. The number of pyridine rings is 1. The van der Waals surface area contributed by atoms with Crippen LogP contribution in [0.15, 0.2) is 12.5 Å². The first kappa shape index (κ1) is 20.4. The van der Waals surface area contributed by atoms with E-state index >= 15 is 0 Å². The summed E-state index contributed by atoms with van der Waals surface area (Å²) in [5.41, 5.74) is 1.72. The maximum atomic E-state index is 12.7. The number of aromatic amines is 1. The number of carbonyl (C=O) groups excluding carboxylic acids is 2. The van der Waals surface area contributed by atoms with E-state index in [1.807, 2.05) is 25.7 Å². The van der Waals surface area contributed by atoms with Gasteiger partial charge in [-0.2, -0.15) is 0 Å². The molecule has 0 spiro atoms. The third-order valence-corrected chi connectivity index (χ3v) is 5.63. The van der Waals surface area contributed by atoms with Crippen molar-refractivity contribution >= 4 is 28.9 Å². The Morgan fingerprint density at radius 1 is 1.23 bits per heavy atom. The number of amides is 1. The van der Waals surface area contributed by atoms with Gasteiger partial charge in [-0.25, -0.2) is 19.6 Å². The second kappa shape index (κ2) is 7.77. The van der Waals surface area contributed by atoms with Crippen LogP contribution >= 0.6 is 0 Å². The van der Waals surface area contributed by atoms with Crippen molar-refractivity contribution in [3.63, 3.8) is 0 Å². The predicted octanol–water partition coefficient (Wildman–Crippen LogP) is 3.48. The highest BCUT2D eigenvalue weighted by Crippen LogP contribution is 2.38. The fourth-order valence-corrected chi connectivity index (χ4v) is 4.51. The number of H-pyrrole nitrogens is 1. The Labute approximate surface area is 175 Å². The molecule has 0 unspecified atom stereocenters. The molecule has 0 radical (unpaired) electrons. The van der Waals surface area contributed by atoms with Crippen molar-refractivity contribution in [1.82, 2.24) is 19.9 Å². The number of fused-ring (bicyclic) bond motifs is 3. The molecular formula is C21H29N5O4. The third-order valence-electron chi connectivity index (χ3n) is 5.63. The molecule has 2 fully saturated rings. The highest BCUT2D eigenvalue weighted by Gasteiger charge is 2.45. The number of aromatic nitrogens is 3. The standard InChI is InChI=1S/C21H29N5O4/c1-5-29-19(27)15-10-22-18-17(23-11-24-18)16(15)25-12-8-13-6-7-14(9-12)26(13)20(28)30-21(2,3)4/h10-14H,5-9H2,1-4H3,(H2,22,23,24,25)/t12-,13-,14+. The first-order chi connectivity index (χ1) is 14.3. The molecule has 2 aromatic rings. The average Bonchev–Trinajstić information content (AvgIpc) is 3.23. The fraction of sp³-hybridized carbons (Fsp3) is 0.619. The fourth-order valence-electron chi connectivity index (χ4n) is 4.51. The van der Waals surface area contributed by atoms with Crippen LogP contribution in [0.4, 0.5) is 10.5 Å². The maximum Gasteiger partial charge on any atom is 0.410 e. The monoisotopic (exact) mass is 415 g/mol. The van der Waals surface area contributed by atoms with Gasteiger partial charge in [-0.15, -0.1) is 0 Å². The Balaban J connectivity index is 1.55. The first-order valence-electron chi connectivity index (χ1n) is 10.5. The Morgan fingerprint density at radius 2 is 1.93 bits per heavy atom. The second-order valence-corrected chi connectivity index (χ2v) is 8.95. The summed E-state index contributed by atoms with van der Waals surface area (Å²) >= 11 is 0. The molecule has 2 N–H and O–H groups in total. The van der Waals surface area contributed by atoms with E-state index in [2.05, 4.69) is 20.3 Å². The van der Waals surface area contributed by atoms with Crippen LogP contribution in [0.25, 0.3) is 11.2 Å². The number of piperidine rings is 1. The zero-order chi connectivity index (χ0) is 21.5. The summed E-state index contributed by atoms with van der Waals surface area (Å²) in [4.78, 5) is 38.7. The summed E-state index contributed by atoms with van der Waals surface area (Å²) in [5, 5.41) is 3.52. The molecule has 0 saturated carbocycles. The lowest BCUT2D eigenvalue weighted by Crippen LogP contribution is -2.51. The summed E-state index contributed by atoms with van der Waals surface area (Å²) in [6, 6.07) is 0.356. The van der Waals surface area contributed by atoms with E-state index < -0.39 is 11.6 Å². The van der Waals surface area contributed by atoms with E-state index in [0.717, 1.165) is 25.7 Å². The Kier molecular flexibility index (Phi) is 5.29. The van der Waals surface area contributed by atoms with E-state index in [0.29, 0.717) is 22.4 Å². The van der Waals surface area contributed by atoms with Gasteiger partial charge in [-0.1, -0.05) is 0 Å². The number of hydrogen-bond donors (Lipinski definition) is 2. The lowest BCUT2D eigenvalue weighted by Gasteiger charge is -2.40. The molecule has 4 heterocycles. The number of nitrogens with one attached hydrogen (secondary N) is 2. The SMILES string of the molecule is CCOC(=O)c1cnc2[nH]cnc2c1N[C@@H]1C[C@H]2CC[C@@H](C1)N2C(=O)OC(C)(C)C. The number of imidazole rings is 1. The number of ether oxygens (including phenoxy) is 2. The molecule has 4 rings (SSSR count). The maximum absolute atomic E-state index is 12.7. The van der Waals surface area contributed by atoms with Crippen molar-refractivity contribution < 1.29 is 19.1 Å². The number of rotatable bonds is 4. The van der Waals surface area contributed by atoms with E-state index in [9.17, 15) is 9.59 Å². The molecule has 2 aliphatic rings. The molecule has 9 nitrogen and oxygen atoms in total. The van der Waals surface area contributed by atoms with Crippen molar-refractivity contribution in [3.05, 3.63) is 18.1 Å². The van der Waals surface area contributed by atoms with E-state index in [4.69, 9.17) is 9.47 Å². The van der Waals surface area contributed by atoms with Gasteiger partial charge in [-0.3, -0.25) is 0 Å². The van der Waals surface area contributed by atoms with Crippen molar-refractivity contribution in [2.24, 2.45) is 0 Å². The smallest absolute Gasteiger partial charge is 0.410 e. The van der Waals surface area contributed by atoms with Gasteiger partial charge in [0.05, 0.1) is 18.6 Å². The van der Waals surface area contributed by atoms with Crippen LogP contribution in [0, 0.1) is 0 Å². The second-order valence-electron chi connectivity index (χ2n) is 8.95. The summed E-state index contributed by atoms with van der Waals surface area (Å²) in [7, 11) is 0. The number of nitrogens with zero attached hydrogens (tertiary/aromatic N) is 3. The van der Waals surface area contributed by atoms with E-state index in [1.54, 1.807) is 13.3 Å². The third kappa shape index (κ3) is 3.93. The van der Waals surface area contributed by atoms with Crippen LogP contribution in [0.2, 0.25) is 0 Å². The van der Waals surface area contributed by atoms with Crippen LogP contribution in [-0.2, 0) is 9.47 Å². The van der Waals surface area contributed by atoms with Crippen LogP contribution in [0.3, 0.4) is 0 Å². The molecule has 0 aliphatic carbocycles. The van der Waals surface area contributed by atoms with Gasteiger partial charge in [0.15, 0.2) is 5.65 Å². The van der Waals surface area contributed by atoms with Gasteiger partial charge in [-0.05, 0) is 53.4 Å². The van der Waals surface area contributed by atoms with Crippen molar-refractivity contribution in [1.29, 1.82) is 0 Å². The highest BCUT2D eigenvalue weighted by atomic mass is 16.6. The topological polar surface area (TPSA) is 109 Å². The van der Waals surface area contributed by atoms with Crippen LogP contribution in [-0.4, -0.2) is 62.2 Å². The quantitative estimate of drug-likeness (QED) is 0.736. The zero-order valence-corrected chi connectivity index (χ0v) is 17.9. The Hall–Kier alpha value is -2.84. The Bertz CT molecular complexity index is 937. The molecule has 9 heteroatoms. The molecule has 30 heavy (non-hydrogen) atoms. The number of anilines is 1.